The lowest BCUT2D eigenvalue weighted by Crippen LogP contribution is -2.15. The summed E-state index contributed by atoms with van der Waals surface area (Å²) in [6.07, 6.45) is 6.71. The summed E-state index contributed by atoms with van der Waals surface area (Å²) < 4.78 is 5.22. The minimum atomic E-state index is -0.0804. The number of rotatable bonds is 8. The highest BCUT2D eigenvalue weighted by atomic mass is 32.2. The first-order valence-corrected chi connectivity index (χ1v) is 10.9. The van der Waals surface area contributed by atoms with E-state index in [2.05, 4.69) is 10.3 Å². The van der Waals surface area contributed by atoms with E-state index >= 15 is 0 Å². The maximum absolute atomic E-state index is 12.5. The summed E-state index contributed by atoms with van der Waals surface area (Å²) in [7, 11) is 1.64. The van der Waals surface area contributed by atoms with Gasteiger partial charge in [0, 0.05) is 16.9 Å². The second-order valence-electron chi connectivity index (χ2n) is 6.57. The monoisotopic (exact) mass is 419 g/mol. The van der Waals surface area contributed by atoms with E-state index in [4.69, 9.17) is 9.72 Å². The van der Waals surface area contributed by atoms with Gasteiger partial charge in [-0.05, 0) is 49.4 Å². The first-order valence-electron chi connectivity index (χ1n) is 9.70. The molecule has 1 aromatic heterocycles. The lowest BCUT2D eigenvalue weighted by Gasteiger charge is -2.13. The van der Waals surface area contributed by atoms with Crippen LogP contribution in [0.4, 0.5) is 5.82 Å². The van der Waals surface area contributed by atoms with Gasteiger partial charge in [0.1, 0.15) is 11.4 Å². The second kappa shape index (κ2) is 10.6. The summed E-state index contributed by atoms with van der Waals surface area (Å²) in [5.41, 5.74) is 3.48. The van der Waals surface area contributed by atoms with Gasteiger partial charge in [-0.3, -0.25) is 4.79 Å². The molecule has 5 nitrogen and oxygen atoms in total. The number of methoxy groups -OCH3 is 1. The number of nitrogens with zero attached hydrogens (tertiary/aromatic N) is 2. The van der Waals surface area contributed by atoms with Gasteiger partial charge in [-0.15, -0.1) is 11.8 Å². The lowest BCUT2D eigenvalue weighted by molar-refractivity contribution is -0.116. The Kier molecular flexibility index (Phi) is 7.63. The van der Waals surface area contributed by atoms with Crippen molar-refractivity contribution in [3.63, 3.8) is 0 Å². The molecule has 0 saturated heterocycles. The predicted octanol–water partition coefficient (Wildman–Crippen LogP) is 5.45. The van der Waals surface area contributed by atoms with Gasteiger partial charge in [0.2, 0.25) is 5.91 Å². The Labute approximate surface area is 181 Å². The van der Waals surface area contributed by atoms with Crippen molar-refractivity contribution in [1.82, 2.24) is 9.97 Å². The highest BCUT2D eigenvalue weighted by molar-refractivity contribution is 8.07. The molecule has 2 aromatic carbocycles. The zero-order chi connectivity index (χ0) is 21.3. The third kappa shape index (κ3) is 5.48. The number of amides is 1. The van der Waals surface area contributed by atoms with Crippen molar-refractivity contribution in [1.29, 1.82) is 0 Å². The standard InChI is InChI=1S/C24H25N3O2S/c1-4-21(30-3)23-24(27-22(28)15-10-17-8-6-5-7-9-17)25-16-20(26-23)18-11-13-19(29-2)14-12-18/h4-9,11-14,16H,10,15H2,1-3H3,(H,25,27,28)/b21-4-. The second-order valence-corrected chi connectivity index (χ2v) is 7.42. The minimum absolute atomic E-state index is 0.0804. The summed E-state index contributed by atoms with van der Waals surface area (Å²) in [6.45, 7) is 1.95. The van der Waals surface area contributed by atoms with Crippen LogP contribution in [0.5, 0.6) is 5.75 Å². The van der Waals surface area contributed by atoms with Crippen molar-refractivity contribution in [2.45, 2.75) is 19.8 Å². The van der Waals surface area contributed by atoms with Gasteiger partial charge >= 0.3 is 0 Å². The quantitative estimate of drug-likeness (QED) is 0.526. The van der Waals surface area contributed by atoms with Gasteiger partial charge in [0.05, 0.1) is 19.0 Å². The van der Waals surface area contributed by atoms with Gasteiger partial charge in [-0.25, -0.2) is 9.97 Å². The average molecular weight is 420 g/mol. The zero-order valence-corrected chi connectivity index (χ0v) is 18.2. The number of hydrogen-bond acceptors (Lipinski definition) is 5. The Hall–Kier alpha value is -3.12. The molecule has 0 spiro atoms. The van der Waals surface area contributed by atoms with Gasteiger partial charge in [0.25, 0.3) is 0 Å². The van der Waals surface area contributed by atoms with E-state index in [0.29, 0.717) is 24.4 Å². The van der Waals surface area contributed by atoms with E-state index in [0.717, 1.165) is 27.5 Å². The van der Waals surface area contributed by atoms with Crippen LogP contribution in [0.1, 0.15) is 24.6 Å². The molecule has 0 unspecified atom stereocenters. The third-order valence-corrected chi connectivity index (χ3v) is 5.48. The first-order chi connectivity index (χ1) is 14.6. The molecule has 1 N–H and O–H groups in total. The molecular weight excluding hydrogens is 394 g/mol. The van der Waals surface area contributed by atoms with Crippen molar-refractivity contribution in [2.75, 3.05) is 18.7 Å². The van der Waals surface area contributed by atoms with Crippen molar-refractivity contribution >= 4 is 28.4 Å². The summed E-state index contributed by atoms with van der Waals surface area (Å²) in [4.78, 5) is 22.8. The van der Waals surface area contributed by atoms with Crippen LogP contribution in [-0.4, -0.2) is 29.2 Å². The van der Waals surface area contributed by atoms with E-state index in [1.807, 2.05) is 73.9 Å². The van der Waals surface area contributed by atoms with Gasteiger partial charge < -0.3 is 10.1 Å². The Bertz CT molecular complexity index is 1020. The van der Waals surface area contributed by atoms with Crippen LogP contribution in [0, 0.1) is 0 Å². The number of nitrogens with one attached hydrogen (secondary N) is 1. The fraction of sp³-hybridized carbons (Fsp3) is 0.208. The number of carbonyl (C=O) groups is 1. The topological polar surface area (TPSA) is 64.1 Å². The van der Waals surface area contributed by atoms with Crippen molar-refractivity contribution in [3.05, 3.63) is 78.1 Å². The van der Waals surface area contributed by atoms with Crippen LogP contribution in [0.15, 0.2) is 66.9 Å². The number of ether oxygens (including phenoxy) is 1. The average Bonchev–Trinajstić information content (AvgIpc) is 2.80. The number of hydrogen-bond donors (Lipinski definition) is 1. The van der Waals surface area contributed by atoms with E-state index in [1.54, 1.807) is 25.1 Å². The van der Waals surface area contributed by atoms with Gasteiger partial charge in [-0.2, -0.15) is 0 Å². The number of anilines is 1. The van der Waals surface area contributed by atoms with Crippen LogP contribution in [0.3, 0.4) is 0 Å². The van der Waals surface area contributed by atoms with E-state index < -0.39 is 0 Å². The Morgan fingerprint density at radius 3 is 2.50 bits per heavy atom. The van der Waals surface area contributed by atoms with E-state index in [-0.39, 0.29) is 5.91 Å². The maximum Gasteiger partial charge on any atom is 0.225 e. The normalized spacial score (nSPS) is 11.2. The molecule has 0 aliphatic carbocycles. The largest absolute Gasteiger partial charge is 0.497 e. The smallest absolute Gasteiger partial charge is 0.225 e. The number of carbonyl (C=O) groups excluding carboxylic acids is 1. The summed E-state index contributed by atoms with van der Waals surface area (Å²) in [6, 6.07) is 17.6. The summed E-state index contributed by atoms with van der Waals surface area (Å²) in [5, 5.41) is 2.94. The zero-order valence-electron chi connectivity index (χ0n) is 17.4. The summed E-state index contributed by atoms with van der Waals surface area (Å²) in [5.74, 6) is 1.18. The molecule has 6 heteroatoms. The SMILES string of the molecule is C/C=C(\SC)c1nc(-c2ccc(OC)cc2)cnc1NC(=O)CCc1ccccc1. The molecule has 0 radical (unpaired) electrons. The maximum atomic E-state index is 12.5. The molecule has 0 saturated carbocycles. The molecule has 30 heavy (non-hydrogen) atoms. The highest BCUT2D eigenvalue weighted by Crippen LogP contribution is 2.31. The predicted molar refractivity (Wildman–Crippen MR) is 125 cm³/mol. The third-order valence-electron chi connectivity index (χ3n) is 4.62. The molecular formula is C24H25N3O2S. The fourth-order valence-corrected chi connectivity index (χ4v) is 3.57. The van der Waals surface area contributed by atoms with Crippen LogP contribution in [0.2, 0.25) is 0 Å². The number of allylic oxidation sites excluding steroid dienone is 1. The van der Waals surface area contributed by atoms with Crippen molar-refractivity contribution < 1.29 is 9.53 Å². The Balaban J connectivity index is 1.83. The fourth-order valence-electron chi connectivity index (χ4n) is 3.00. The van der Waals surface area contributed by atoms with Crippen molar-refractivity contribution in [2.24, 2.45) is 0 Å². The number of thioether (sulfide) groups is 1. The van der Waals surface area contributed by atoms with Crippen molar-refractivity contribution in [3.8, 4) is 17.0 Å². The van der Waals surface area contributed by atoms with E-state index in [9.17, 15) is 4.79 Å². The Morgan fingerprint density at radius 1 is 1.13 bits per heavy atom. The van der Waals surface area contributed by atoms with Gasteiger partial charge in [0.15, 0.2) is 5.82 Å². The van der Waals surface area contributed by atoms with Crippen LogP contribution < -0.4 is 10.1 Å². The number of benzene rings is 2. The van der Waals surface area contributed by atoms with E-state index in [1.165, 1.54) is 0 Å². The molecule has 1 heterocycles. The molecule has 0 aliphatic rings. The van der Waals surface area contributed by atoms with Crippen LogP contribution in [-0.2, 0) is 11.2 Å². The number of aryl methyl sites for hydroxylation is 1. The highest BCUT2D eigenvalue weighted by Gasteiger charge is 2.15. The van der Waals surface area contributed by atoms with Gasteiger partial charge in [-0.1, -0.05) is 36.4 Å². The molecule has 0 atom stereocenters. The minimum Gasteiger partial charge on any atom is -0.497 e. The molecule has 3 rings (SSSR count). The molecule has 154 valence electrons. The van der Waals surface area contributed by atoms with Crippen LogP contribution >= 0.6 is 11.8 Å². The summed E-state index contributed by atoms with van der Waals surface area (Å²) >= 11 is 1.57. The molecule has 3 aromatic rings. The molecule has 1 amide bonds. The Morgan fingerprint density at radius 2 is 1.87 bits per heavy atom. The molecule has 0 bridgehead atoms. The van der Waals surface area contributed by atoms with Crippen LogP contribution in [0.25, 0.3) is 16.2 Å². The first kappa shape index (κ1) is 21.6. The molecule has 0 fully saturated rings. The number of aromatic nitrogens is 2. The molecule has 0 aliphatic heterocycles. The lowest BCUT2D eigenvalue weighted by atomic mass is 10.1.